The quantitative estimate of drug-likeness (QED) is 0.428. The number of rotatable bonds is 3. The molecule has 6 nitrogen and oxygen atoms in total. The van der Waals surface area contributed by atoms with Crippen molar-refractivity contribution in [3.63, 3.8) is 0 Å². The Labute approximate surface area is 160 Å². The van der Waals surface area contributed by atoms with Crippen LogP contribution in [0.15, 0.2) is 67.2 Å². The number of hydrogen-bond donors (Lipinski definition) is 3. The van der Waals surface area contributed by atoms with Crippen LogP contribution >= 0.6 is 0 Å². The maximum Gasteiger partial charge on any atom is 0.116 e. The molecular weight excluding hydrogens is 348 g/mol. The molecule has 5 aromatic rings. The van der Waals surface area contributed by atoms with Crippen molar-refractivity contribution in [3.05, 3.63) is 72.7 Å². The molecule has 0 saturated carbocycles. The number of nitrogens with one attached hydrogen (secondary N) is 3. The molecule has 0 radical (unpaired) electrons. The molecule has 1 aliphatic rings. The van der Waals surface area contributed by atoms with Gasteiger partial charge in [-0.05, 0) is 35.8 Å². The van der Waals surface area contributed by atoms with Crippen molar-refractivity contribution in [2.45, 2.75) is 6.42 Å². The first-order valence-electron chi connectivity index (χ1n) is 9.19. The molecule has 0 aliphatic heterocycles. The number of hydrogen-bond acceptors (Lipinski definition) is 3. The van der Waals surface area contributed by atoms with Gasteiger partial charge in [-0.25, -0.2) is 0 Å². The summed E-state index contributed by atoms with van der Waals surface area (Å²) >= 11 is 0. The van der Waals surface area contributed by atoms with E-state index in [0.29, 0.717) is 0 Å². The Kier molecular flexibility index (Phi) is 3.13. The van der Waals surface area contributed by atoms with Gasteiger partial charge in [-0.3, -0.25) is 15.2 Å². The normalized spacial score (nSPS) is 13.6. The summed E-state index contributed by atoms with van der Waals surface area (Å²) < 4.78 is 0. The van der Waals surface area contributed by atoms with E-state index < -0.39 is 0 Å². The minimum absolute atomic E-state index is 0.863. The van der Waals surface area contributed by atoms with Crippen molar-refractivity contribution in [1.29, 1.82) is 0 Å². The second-order valence-corrected chi connectivity index (χ2v) is 6.92. The van der Waals surface area contributed by atoms with E-state index >= 15 is 0 Å². The Hall–Kier alpha value is -3.93. The molecule has 1 aromatic carbocycles. The zero-order valence-corrected chi connectivity index (χ0v) is 14.9. The van der Waals surface area contributed by atoms with E-state index in [-0.39, 0.29) is 0 Å². The number of fused-ring (bicyclic) bond motifs is 2. The SMILES string of the molecule is C1=CC(c2cccc3[nH]c(-c4n[nH]c5cnc(-c6cn[nH]c6)cc45)cc23)=CC1. The lowest BCUT2D eigenvalue weighted by molar-refractivity contribution is 1.09. The third-order valence-corrected chi connectivity index (χ3v) is 5.24. The van der Waals surface area contributed by atoms with E-state index in [1.165, 1.54) is 16.5 Å². The van der Waals surface area contributed by atoms with E-state index in [4.69, 9.17) is 0 Å². The lowest BCUT2D eigenvalue weighted by Gasteiger charge is -2.01. The molecule has 0 amide bonds. The number of pyridine rings is 1. The average Bonchev–Trinajstić information content (AvgIpc) is 3.53. The second-order valence-electron chi connectivity index (χ2n) is 6.92. The van der Waals surface area contributed by atoms with Crippen molar-refractivity contribution in [1.82, 2.24) is 30.4 Å². The maximum absolute atomic E-state index is 4.56. The minimum atomic E-state index is 0.863. The fourth-order valence-electron chi connectivity index (χ4n) is 3.86. The highest BCUT2D eigenvalue weighted by Crippen LogP contribution is 2.34. The van der Waals surface area contributed by atoms with E-state index in [1.54, 1.807) is 6.20 Å². The van der Waals surface area contributed by atoms with Crippen molar-refractivity contribution >= 4 is 27.4 Å². The van der Waals surface area contributed by atoms with Gasteiger partial charge in [0.05, 0.1) is 29.3 Å². The van der Waals surface area contributed by atoms with Crippen LogP contribution in [0.1, 0.15) is 12.0 Å². The number of nitrogens with zero attached hydrogens (tertiary/aromatic N) is 3. The summed E-state index contributed by atoms with van der Waals surface area (Å²) in [5, 5.41) is 16.7. The number of benzene rings is 1. The Bertz CT molecular complexity index is 1380. The predicted octanol–water partition coefficient (Wildman–Crippen LogP) is 4.84. The molecule has 0 unspecified atom stereocenters. The van der Waals surface area contributed by atoms with Gasteiger partial charge in [0, 0.05) is 28.0 Å². The van der Waals surface area contributed by atoms with Gasteiger partial charge in [-0.15, -0.1) is 0 Å². The van der Waals surface area contributed by atoms with Crippen molar-refractivity contribution in [2.75, 3.05) is 0 Å². The predicted molar refractivity (Wildman–Crippen MR) is 110 cm³/mol. The zero-order valence-electron chi connectivity index (χ0n) is 14.9. The van der Waals surface area contributed by atoms with Gasteiger partial charge in [0.25, 0.3) is 0 Å². The molecule has 4 heterocycles. The molecular formula is C22H16N6. The van der Waals surface area contributed by atoms with Crippen LogP contribution in [0.4, 0.5) is 0 Å². The fourth-order valence-corrected chi connectivity index (χ4v) is 3.86. The summed E-state index contributed by atoms with van der Waals surface area (Å²) in [4.78, 5) is 8.04. The number of aromatic amines is 3. The van der Waals surface area contributed by atoms with Gasteiger partial charge in [0.1, 0.15) is 5.69 Å². The maximum atomic E-state index is 4.56. The van der Waals surface area contributed by atoms with Gasteiger partial charge in [0.2, 0.25) is 0 Å². The van der Waals surface area contributed by atoms with Gasteiger partial charge in [-0.2, -0.15) is 10.2 Å². The lowest BCUT2D eigenvalue weighted by atomic mass is 10.0. The molecule has 3 N–H and O–H groups in total. The summed E-state index contributed by atoms with van der Waals surface area (Å²) in [6.45, 7) is 0. The van der Waals surface area contributed by atoms with E-state index in [1.807, 2.05) is 18.5 Å². The van der Waals surface area contributed by atoms with Crippen LogP contribution in [0.5, 0.6) is 0 Å². The van der Waals surface area contributed by atoms with Crippen LogP contribution in [0.2, 0.25) is 0 Å². The molecule has 0 saturated heterocycles. The first-order chi connectivity index (χ1) is 13.9. The molecule has 134 valence electrons. The molecule has 4 aromatic heterocycles. The lowest BCUT2D eigenvalue weighted by Crippen LogP contribution is -1.82. The summed E-state index contributed by atoms with van der Waals surface area (Å²) in [7, 11) is 0. The van der Waals surface area contributed by atoms with Crippen LogP contribution in [-0.4, -0.2) is 30.4 Å². The highest BCUT2D eigenvalue weighted by atomic mass is 15.1. The molecule has 6 rings (SSSR count). The van der Waals surface area contributed by atoms with Crippen molar-refractivity contribution < 1.29 is 0 Å². The molecule has 1 aliphatic carbocycles. The van der Waals surface area contributed by atoms with E-state index in [2.05, 4.69) is 72.9 Å². The largest absolute Gasteiger partial charge is 0.353 e. The Morgan fingerprint density at radius 2 is 2.00 bits per heavy atom. The third kappa shape index (κ3) is 2.24. The van der Waals surface area contributed by atoms with Crippen molar-refractivity contribution in [3.8, 4) is 22.6 Å². The summed E-state index contributed by atoms with van der Waals surface area (Å²) in [6.07, 6.45) is 13.1. The molecule has 0 atom stereocenters. The highest BCUT2D eigenvalue weighted by molar-refractivity contribution is 6.01. The minimum Gasteiger partial charge on any atom is -0.353 e. The average molecular weight is 364 g/mol. The monoisotopic (exact) mass is 364 g/mol. The smallest absolute Gasteiger partial charge is 0.116 e. The Balaban J connectivity index is 1.53. The van der Waals surface area contributed by atoms with Crippen LogP contribution in [0.25, 0.3) is 50.0 Å². The fraction of sp³-hybridized carbons (Fsp3) is 0.0455. The third-order valence-electron chi connectivity index (χ3n) is 5.24. The number of allylic oxidation sites excluding steroid dienone is 4. The molecule has 0 bridgehead atoms. The Morgan fingerprint density at radius 1 is 1.00 bits per heavy atom. The molecule has 0 fully saturated rings. The van der Waals surface area contributed by atoms with Gasteiger partial charge < -0.3 is 4.98 Å². The van der Waals surface area contributed by atoms with Gasteiger partial charge >= 0.3 is 0 Å². The van der Waals surface area contributed by atoms with Gasteiger partial charge in [0.15, 0.2) is 0 Å². The van der Waals surface area contributed by atoms with Crippen LogP contribution in [0.3, 0.4) is 0 Å². The summed E-state index contributed by atoms with van der Waals surface area (Å²) in [5.41, 5.74) is 8.22. The first-order valence-corrected chi connectivity index (χ1v) is 9.19. The summed E-state index contributed by atoms with van der Waals surface area (Å²) in [5.74, 6) is 0. The van der Waals surface area contributed by atoms with Crippen LogP contribution in [-0.2, 0) is 0 Å². The standard InChI is InChI=1S/C22H16N6/c1-2-5-13(4-1)15-6-3-7-18-16(15)8-20(26-18)22-17-9-19(14-10-24-25-11-14)23-12-21(17)27-28-22/h1,3-12,26H,2H2,(H,24,25)(H,27,28). The van der Waals surface area contributed by atoms with E-state index in [9.17, 15) is 0 Å². The second kappa shape index (κ2) is 5.79. The highest BCUT2D eigenvalue weighted by Gasteiger charge is 2.15. The van der Waals surface area contributed by atoms with Gasteiger partial charge in [-0.1, -0.05) is 30.4 Å². The number of aromatic nitrogens is 6. The van der Waals surface area contributed by atoms with Crippen molar-refractivity contribution in [2.24, 2.45) is 0 Å². The zero-order chi connectivity index (χ0) is 18.5. The molecule has 0 spiro atoms. The Morgan fingerprint density at radius 3 is 2.86 bits per heavy atom. The topological polar surface area (TPSA) is 86.0 Å². The van der Waals surface area contributed by atoms with E-state index in [0.717, 1.165) is 45.5 Å². The molecule has 6 heteroatoms. The first kappa shape index (κ1) is 15.2. The molecule has 28 heavy (non-hydrogen) atoms. The van der Waals surface area contributed by atoms with Crippen LogP contribution < -0.4 is 0 Å². The number of H-pyrrole nitrogens is 3. The van der Waals surface area contributed by atoms with Crippen LogP contribution in [0, 0.1) is 0 Å². The summed E-state index contributed by atoms with van der Waals surface area (Å²) in [6, 6.07) is 10.6.